The van der Waals surface area contributed by atoms with Crippen molar-refractivity contribution >= 4 is 42.5 Å². The van der Waals surface area contributed by atoms with E-state index in [0.717, 1.165) is 6.07 Å². The monoisotopic (exact) mass is 370 g/mol. The summed E-state index contributed by atoms with van der Waals surface area (Å²) in [5, 5.41) is 0.374. The smallest absolute Gasteiger partial charge is 0.320 e. The standard InChI is InChI=1S/C10H6BrF3N2O3S/c11-6-1-2-7-5(3-6)4-8(9(17)15-7)16-20(18,19)10(12,13)14/h1-4,16H,(H,15,17). The predicted octanol–water partition coefficient (Wildman–Crippen LogP) is 2.55. The second-order valence-corrected chi connectivity index (χ2v) is 6.38. The molecule has 0 saturated heterocycles. The van der Waals surface area contributed by atoms with Gasteiger partial charge in [-0.2, -0.15) is 21.6 Å². The molecular formula is C10H6BrF3N2O3S. The minimum absolute atomic E-state index is 0.369. The van der Waals surface area contributed by atoms with Crippen LogP contribution in [0.25, 0.3) is 10.9 Å². The number of anilines is 1. The van der Waals surface area contributed by atoms with E-state index in [0.29, 0.717) is 15.4 Å². The highest BCUT2D eigenvalue weighted by Crippen LogP contribution is 2.25. The van der Waals surface area contributed by atoms with E-state index in [4.69, 9.17) is 0 Å². The first-order chi connectivity index (χ1) is 9.10. The average Bonchev–Trinajstić information content (AvgIpc) is 2.29. The highest BCUT2D eigenvalue weighted by Gasteiger charge is 2.46. The zero-order chi connectivity index (χ0) is 15.1. The zero-order valence-corrected chi connectivity index (χ0v) is 11.9. The number of benzene rings is 1. The molecule has 0 aliphatic heterocycles. The molecule has 5 nitrogen and oxygen atoms in total. The lowest BCUT2D eigenvalue weighted by Gasteiger charge is -2.10. The van der Waals surface area contributed by atoms with Gasteiger partial charge in [0, 0.05) is 15.4 Å². The first-order valence-electron chi connectivity index (χ1n) is 5.02. The number of hydrogen-bond donors (Lipinski definition) is 2. The minimum Gasteiger partial charge on any atom is -0.320 e. The average molecular weight is 371 g/mol. The summed E-state index contributed by atoms with van der Waals surface area (Å²) in [4.78, 5) is 13.9. The van der Waals surface area contributed by atoms with Crippen LogP contribution in [0.15, 0.2) is 33.5 Å². The molecule has 0 atom stereocenters. The van der Waals surface area contributed by atoms with Crippen LogP contribution in [0, 0.1) is 0 Å². The summed E-state index contributed by atoms with van der Waals surface area (Å²) in [7, 11) is -5.63. The number of hydrogen-bond acceptors (Lipinski definition) is 3. The number of H-pyrrole nitrogens is 1. The topological polar surface area (TPSA) is 79.0 Å². The number of pyridine rings is 1. The van der Waals surface area contributed by atoms with E-state index in [1.54, 1.807) is 6.07 Å². The van der Waals surface area contributed by atoms with Crippen LogP contribution in [0.5, 0.6) is 0 Å². The lowest BCUT2D eigenvalue weighted by Crippen LogP contribution is -2.32. The summed E-state index contributed by atoms with van der Waals surface area (Å²) >= 11 is 3.16. The van der Waals surface area contributed by atoms with E-state index >= 15 is 0 Å². The molecule has 10 heteroatoms. The number of rotatable bonds is 2. The molecule has 2 N–H and O–H groups in total. The van der Waals surface area contributed by atoms with Crippen LogP contribution in [-0.4, -0.2) is 18.9 Å². The van der Waals surface area contributed by atoms with Crippen LogP contribution < -0.4 is 10.3 Å². The number of fused-ring (bicyclic) bond motifs is 1. The number of alkyl halides is 3. The fourth-order valence-corrected chi connectivity index (χ4v) is 2.39. The molecule has 2 aromatic rings. The molecule has 0 fully saturated rings. The van der Waals surface area contributed by atoms with E-state index in [2.05, 4.69) is 20.9 Å². The Kier molecular flexibility index (Phi) is 3.54. The third kappa shape index (κ3) is 2.80. The van der Waals surface area contributed by atoms with Gasteiger partial charge in [-0.3, -0.25) is 9.52 Å². The molecule has 20 heavy (non-hydrogen) atoms. The van der Waals surface area contributed by atoms with Crippen molar-refractivity contribution in [1.29, 1.82) is 0 Å². The lowest BCUT2D eigenvalue weighted by atomic mass is 10.2. The number of aromatic amines is 1. The van der Waals surface area contributed by atoms with Crippen LogP contribution in [0.2, 0.25) is 0 Å². The second kappa shape index (κ2) is 4.77. The van der Waals surface area contributed by atoms with Crippen LogP contribution in [0.1, 0.15) is 0 Å². The molecule has 0 unspecified atom stereocenters. The van der Waals surface area contributed by atoms with Gasteiger partial charge in [-0.25, -0.2) is 0 Å². The van der Waals surface area contributed by atoms with Crippen molar-refractivity contribution in [3.63, 3.8) is 0 Å². The van der Waals surface area contributed by atoms with Crippen molar-refractivity contribution in [2.75, 3.05) is 4.72 Å². The van der Waals surface area contributed by atoms with E-state index in [1.165, 1.54) is 16.9 Å². The van der Waals surface area contributed by atoms with Gasteiger partial charge in [-0.05, 0) is 24.3 Å². The van der Waals surface area contributed by atoms with Gasteiger partial charge in [0.1, 0.15) is 5.69 Å². The number of halogens is 4. The Bertz CT molecular complexity index is 830. The third-order valence-corrected chi connectivity index (χ3v) is 3.95. The van der Waals surface area contributed by atoms with Gasteiger partial charge in [0.2, 0.25) is 0 Å². The third-order valence-electron chi connectivity index (χ3n) is 2.36. The lowest BCUT2D eigenvalue weighted by molar-refractivity contribution is -0.0429. The van der Waals surface area contributed by atoms with E-state index < -0.39 is 26.8 Å². The predicted molar refractivity (Wildman–Crippen MR) is 70.9 cm³/mol. The largest absolute Gasteiger partial charge is 0.516 e. The van der Waals surface area contributed by atoms with Crippen LogP contribution in [0.3, 0.4) is 0 Å². The van der Waals surface area contributed by atoms with Gasteiger partial charge in [-0.1, -0.05) is 15.9 Å². The van der Waals surface area contributed by atoms with Gasteiger partial charge >= 0.3 is 15.5 Å². The summed E-state index contributed by atoms with van der Waals surface area (Å²) in [5.74, 6) is 0. The van der Waals surface area contributed by atoms with E-state index in [-0.39, 0.29) is 0 Å². The van der Waals surface area contributed by atoms with Crippen molar-refractivity contribution in [3.8, 4) is 0 Å². The molecule has 0 spiro atoms. The molecule has 0 aliphatic carbocycles. The molecule has 1 aromatic heterocycles. The highest BCUT2D eigenvalue weighted by atomic mass is 79.9. The van der Waals surface area contributed by atoms with Crippen molar-refractivity contribution in [2.24, 2.45) is 0 Å². The van der Waals surface area contributed by atoms with Gasteiger partial charge in [0.05, 0.1) is 0 Å². The highest BCUT2D eigenvalue weighted by molar-refractivity contribution is 9.10. The molecule has 0 amide bonds. The number of nitrogens with one attached hydrogen (secondary N) is 2. The summed E-state index contributed by atoms with van der Waals surface area (Å²) in [5.41, 5.74) is -6.79. The Morgan fingerprint density at radius 1 is 1.20 bits per heavy atom. The molecule has 0 aliphatic rings. The van der Waals surface area contributed by atoms with Crippen molar-refractivity contribution < 1.29 is 21.6 Å². The van der Waals surface area contributed by atoms with E-state index in [1.807, 2.05) is 0 Å². The van der Waals surface area contributed by atoms with Crippen LogP contribution in [-0.2, 0) is 10.0 Å². The van der Waals surface area contributed by atoms with Crippen molar-refractivity contribution in [3.05, 3.63) is 39.1 Å². The Morgan fingerprint density at radius 2 is 1.85 bits per heavy atom. The molecule has 2 rings (SSSR count). The first-order valence-corrected chi connectivity index (χ1v) is 7.29. The van der Waals surface area contributed by atoms with Gasteiger partial charge in [-0.15, -0.1) is 0 Å². The maximum Gasteiger partial charge on any atom is 0.516 e. The second-order valence-electron chi connectivity index (χ2n) is 3.79. The van der Waals surface area contributed by atoms with Crippen LogP contribution in [0.4, 0.5) is 18.9 Å². The van der Waals surface area contributed by atoms with E-state index in [9.17, 15) is 26.4 Å². The Morgan fingerprint density at radius 3 is 2.45 bits per heavy atom. The summed E-state index contributed by atoms with van der Waals surface area (Å²) in [6.07, 6.45) is 0. The fourth-order valence-electron chi connectivity index (χ4n) is 1.46. The van der Waals surface area contributed by atoms with Crippen LogP contribution >= 0.6 is 15.9 Å². The van der Waals surface area contributed by atoms with Crippen molar-refractivity contribution in [2.45, 2.75) is 5.51 Å². The minimum atomic E-state index is -5.63. The summed E-state index contributed by atoms with van der Waals surface area (Å²) in [6.45, 7) is 0. The van der Waals surface area contributed by atoms with Gasteiger partial charge < -0.3 is 4.98 Å². The first kappa shape index (κ1) is 14.9. The Balaban J connectivity index is 2.56. The molecule has 0 bridgehead atoms. The molecule has 108 valence electrons. The Labute approximate surface area is 119 Å². The van der Waals surface area contributed by atoms with Gasteiger partial charge in [0.25, 0.3) is 5.56 Å². The molecule has 0 radical (unpaired) electrons. The molecule has 1 aromatic carbocycles. The van der Waals surface area contributed by atoms with Gasteiger partial charge in [0.15, 0.2) is 0 Å². The normalized spacial score (nSPS) is 12.6. The number of aromatic nitrogens is 1. The fraction of sp³-hybridized carbons (Fsp3) is 0.100. The SMILES string of the molecule is O=c1[nH]c2ccc(Br)cc2cc1NS(=O)(=O)C(F)(F)F. The van der Waals surface area contributed by atoms with Crippen molar-refractivity contribution in [1.82, 2.24) is 4.98 Å². The Hall–Kier alpha value is -1.55. The maximum absolute atomic E-state index is 12.3. The quantitative estimate of drug-likeness (QED) is 0.852. The molecule has 0 saturated carbocycles. The maximum atomic E-state index is 12.3. The summed E-state index contributed by atoms with van der Waals surface area (Å²) in [6, 6.07) is 5.71. The number of sulfonamides is 1. The summed E-state index contributed by atoms with van der Waals surface area (Å²) < 4.78 is 60.6. The molecular weight excluding hydrogens is 365 g/mol. The molecule has 1 heterocycles. The zero-order valence-electron chi connectivity index (χ0n) is 9.45.